The first-order valence-electron chi connectivity index (χ1n) is 7.96. The van der Waals surface area contributed by atoms with Gasteiger partial charge in [-0.25, -0.2) is 0 Å². The summed E-state index contributed by atoms with van der Waals surface area (Å²) in [5.74, 6) is 0. The highest BCUT2D eigenvalue weighted by atomic mass is 16.5. The molecule has 0 spiro atoms. The molecule has 0 bridgehead atoms. The Balaban J connectivity index is 4.49. The molecule has 0 rings (SSSR count). The molecule has 0 saturated carbocycles. The van der Waals surface area contributed by atoms with Gasteiger partial charge in [-0.05, 0) is 38.3 Å². The number of hydrogen-bond donors (Lipinski definition) is 1. The van der Waals surface area contributed by atoms with Gasteiger partial charge in [-0.15, -0.1) is 0 Å². The Labute approximate surface area is 121 Å². The molecule has 0 aliphatic rings. The zero-order valence-corrected chi connectivity index (χ0v) is 14.1. The second-order valence-electron chi connectivity index (χ2n) is 6.10. The molecule has 2 unspecified atom stereocenters. The summed E-state index contributed by atoms with van der Waals surface area (Å²) in [6.07, 6.45) is 3.74. The number of nitrogens with one attached hydrogen (secondary N) is 1. The lowest BCUT2D eigenvalue weighted by Crippen LogP contribution is -2.46. The van der Waals surface area contributed by atoms with E-state index in [0.717, 1.165) is 32.8 Å². The summed E-state index contributed by atoms with van der Waals surface area (Å²) in [6, 6.07) is 0.498. The molecule has 0 fully saturated rings. The van der Waals surface area contributed by atoms with Crippen molar-refractivity contribution >= 4 is 0 Å². The van der Waals surface area contributed by atoms with Gasteiger partial charge in [0.25, 0.3) is 0 Å². The van der Waals surface area contributed by atoms with Gasteiger partial charge in [0.15, 0.2) is 0 Å². The lowest BCUT2D eigenvalue weighted by Gasteiger charge is -2.38. The predicted molar refractivity (Wildman–Crippen MR) is 84.8 cm³/mol. The molecule has 19 heavy (non-hydrogen) atoms. The summed E-state index contributed by atoms with van der Waals surface area (Å²) in [7, 11) is 1.79. The predicted octanol–water partition coefficient (Wildman–Crippen LogP) is 3.15. The number of likely N-dealkylation sites (N-methyl/N-ethyl adjacent to an activating group) is 1. The molecular formula is C16H36N2O. The highest BCUT2D eigenvalue weighted by Crippen LogP contribution is 2.25. The van der Waals surface area contributed by atoms with Crippen molar-refractivity contribution in [2.24, 2.45) is 5.41 Å². The summed E-state index contributed by atoms with van der Waals surface area (Å²) in [5.41, 5.74) is 0.363. The van der Waals surface area contributed by atoms with E-state index in [1.165, 1.54) is 19.3 Å². The van der Waals surface area contributed by atoms with Crippen molar-refractivity contribution in [3.8, 4) is 0 Å². The van der Waals surface area contributed by atoms with Crippen molar-refractivity contribution in [1.82, 2.24) is 10.2 Å². The van der Waals surface area contributed by atoms with Gasteiger partial charge in [0.1, 0.15) is 0 Å². The van der Waals surface area contributed by atoms with Crippen molar-refractivity contribution in [2.45, 2.75) is 59.9 Å². The van der Waals surface area contributed by atoms with Crippen molar-refractivity contribution in [3.05, 3.63) is 0 Å². The van der Waals surface area contributed by atoms with Crippen LogP contribution in [-0.4, -0.2) is 50.8 Å². The highest BCUT2D eigenvalue weighted by molar-refractivity contribution is 4.82. The molecule has 3 nitrogen and oxygen atoms in total. The van der Waals surface area contributed by atoms with Crippen LogP contribution >= 0.6 is 0 Å². The Kier molecular flexibility index (Phi) is 10.6. The SMILES string of the molecule is CCCNCC(C)(CCC)CN(CC)C(C)COC. The number of rotatable bonds is 12. The molecule has 0 amide bonds. The van der Waals surface area contributed by atoms with Crippen molar-refractivity contribution in [3.63, 3.8) is 0 Å². The fourth-order valence-electron chi connectivity index (χ4n) is 2.81. The van der Waals surface area contributed by atoms with Crippen LogP contribution in [0.1, 0.15) is 53.9 Å². The van der Waals surface area contributed by atoms with Crippen molar-refractivity contribution in [1.29, 1.82) is 0 Å². The third kappa shape index (κ3) is 7.91. The standard InChI is InChI=1S/C16H36N2O/c1-7-10-16(5,13-17-11-8-2)14-18(9-3)15(4)12-19-6/h15,17H,7-14H2,1-6H3. The summed E-state index contributed by atoms with van der Waals surface area (Å²) >= 11 is 0. The van der Waals surface area contributed by atoms with Crippen LogP contribution in [0, 0.1) is 5.41 Å². The van der Waals surface area contributed by atoms with Crippen molar-refractivity contribution < 1.29 is 4.74 Å². The van der Waals surface area contributed by atoms with Gasteiger partial charge in [0.2, 0.25) is 0 Å². The number of hydrogen-bond acceptors (Lipinski definition) is 3. The van der Waals surface area contributed by atoms with Crippen LogP contribution in [-0.2, 0) is 4.74 Å². The molecule has 0 aliphatic carbocycles. The third-order valence-electron chi connectivity index (χ3n) is 3.85. The first kappa shape index (κ1) is 18.9. The van der Waals surface area contributed by atoms with Gasteiger partial charge in [0, 0.05) is 26.2 Å². The van der Waals surface area contributed by atoms with Gasteiger partial charge < -0.3 is 10.1 Å². The second kappa shape index (κ2) is 10.6. The maximum Gasteiger partial charge on any atom is 0.0615 e. The molecule has 1 N–H and O–H groups in total. The molecule has 116 valence electrons. The Morgan fingerprint density at radius 2 is 1.89 bits per heavy atom. The Bertz CT molecular complexity index is 211. The molecule has 0 aromatic carbocycles. The lowest BCUT2D eigenvalue weighted by atomic mass is 9.84. The maximum atomic E-state index is 5.30. The second-order valence-corrected chi connectivity index (χ2v) is 6.10. The smallest absolute Gasteiger partial charge is 0.0615 e. The average molecular weight is 272 g/mol. The van der Waals surface area contributed by atoms with Crippen LogP contribution in [0.15, 0.2) is 0 Å². The van der Waals surface area contributed by atoms with E-state index in [0.29, 0.717) is 11.5 Å². The Morgan fingerprint density at radius 1 is 1.21 bits per heavy atom. The van der Waals surface area contributed by atoms with Gasteiger partial charge in [0.05, 0.1) is 6.61 Å². The van der Waals surface area contributed by atoms with E-state index in [-0.39, 0.29) is 0 Å². The van der Waals surface area contributed by atoms with Gasteiger partial charge in [-0.3, -0.25) is 4.90 Å². The topological polar surface area (TPSA) is 24.5 Å². The van der Waals surface area contributed by atoms with E-state index in [1.807, 2.05) is 0 Å². The van der Waals surface area contributed by atoms with Crippen LogP contribution in [0.3, 0.4) is 0 Å². The summed E-state index contributed by atoms with van der Waals surface area (Å²) in [6.45, 7) is 16.7. The largest absolute Gasteiger partial charge is 0.383 e. The van der Waals surface area contributed by atoms with E-state index < -0.39 is 0 Å². The van der Waals surface area contributed by atoms with E-state index >= 15 is 0 Å². The minimum atomic E-state index is 0.363. The van der Waals surface area contributed by atoms with Gasteiger partial charge in [-0.2, -0.15) is 0 Å². The molecule has 0 aliphatic heterocycles. The average Bonchev–Trinajstić information content (AvgIpc) is 2.37. The van der Waals surface area contributed by atoms with E-state index in [1.54, 1.807) is 7.11 Å². The summed E-state index contributed by atoms with van der Waals surface area (Å²) in [5, 5.41) is 3.60. The number of methoxy groups -OCH3 is 1. The van der Waals surface area contributed by atoms with Crippen LogP contribution < -0.4 is 5.32 Å². The number of nitrogens with zero attached hydrogens (tertiary/aromatic N) is 1. The van der Waals surface area contributed by atoms with E-state index in [9.17, 15) is 0 Å². The van der Waals surface area contributed by atoms with Gasteiger partial charge >= 0.3 is 0 Å². The molecule has 0 heterocycles. The maximum absolute atomic E-state index is 5.30. The quantitative estimate of drug-likeness (QED) is 0.552. The molecule has 0 saturated heterocycles. The highest BCUT2D eigenvalue weighted by Gasteiger charge is 2.27. The zero-order valence-electron chi connectivity index (χ0n) is 14.1. The monoisotopic (exact) mass is 272 g/mol. The normalized spacial score (nSPS) is 16.6. The molecule has 0 aromatic heterocycles. The minimum Gasteiger partial charge on any atom is -0.383 e. The van der Waals surface area contributed by atoms with Crippen LogP contribution in [0.4, 0.5) is 0 Å². The minimum absolute atomic E-state index is 0.363. The Morgan fingerprint density at radius 3 is 2.37 bits per heavy atom. The Hall–Kier alpha value is -0.120. The molecule has 3 heteroatoms. The zero-order chi connectivity index (χ0) is 14.7. The molecule has 0 radical (unpaired) electrons. The summed E-state index contributed by atoms with van der Waals surface area (Å²) in [4.78, 5) is 2.55. The van der Waals surface area contributed by atoms with E-state index in [4.69, 9.17) is 4.74 Å². The molecule has 0 aromatic rings. The van der Waals surface area contributed by atoms with E-state index in [2.05, 4.69) is 44.8 Å². The number of ether oxygens (including phenoxy) is 1. The van der Waals surface area contributed by atoms with Crippen molar-refractivity contribution in [2.75, 3.05) is 39.9 Å². The molecule has 2 atom stereocenters. The lowest BCUT2D eigenvalue weighted by molar-refractivity contribution is 0.0673. The van der Waals surface area contributed by atoms with Crippen LogP contribution in [0.2, 0.25) is 0 Å². The fraction of sp³-hybridized carbons (Fsp3) is 1.00. The fourth-order valence-corrected chi connectivity index (χ4v) is 2.81. The first-order valence-corrected chi connectivity index (χ1v) is 7.96. The third-order valence-corrected chi connectivity index (χ3v) is 3.85. The van der Waals surface area contributed by atoms with Crippen LogP contribution in [0.25, 0.3) is 0 Å². The van der Waals surface area contributed by atoms with Crippen LogP contribution in [0.5, 0.6) is 0 Å². The first-order chi connectivity index (χ1) is 9.02. The summed E-state index contributed by atoms with van der Waals surface area (Å²) < 4.78 is 5.30. The van der Waals surface area contributed by atoms with Gasteiger partial charge in [-0.1, -0.05) is 34.1 Å². The molecular weight excluding hydrogens is 236 g/mol.